The molecule has 2 rings (SSSR count). The quantitative estimate of drug-likeness (QED) is 0.573. The summed E-state index contributed by atoms with van der Waals surface area (Å²) in [6, 6.07) is 0. The van der Waals surface area contributed by atoms with Crippen LogP contribution in [-0.2, 0) is 9.47 Å². The lowest BCUT2D eigenvalue weighted by Gasteiger charge is -2.45. The highest BCUT2D eigenvalue weighted by Crippen LogP contribution is 2.43. The van der Waals surface area contributed by atoms with Gasteiger partial charge in [-0.15, -0.1) is 0 Å². The van der Waals surface area contributed by atoms with Crippen molar-refractivity contribution in [3.63, 3.8) is 0 Å². The third-order valence-corrected chi connectivity index (χ3v) is 5.77. The minimum absolute atomic E-state index is 0.0634. The van der Waals surface area contributed by atoms with Crippen molar-refractivity contribution >= 4 is 0 Å². The van der Waals surface area contributed by atoms with Crippen LogP contribution >= 0.6 is 0 Å². The molecule has 2 fully saturated rings. The lowest BCUT2D eigenvalue weighted by molar-refractivity contribution is -0.241. The first-order chi connectivity index (χ1) is 10.2. The maximum absolute atomic E-state index is 5.97. The Bertz CT molecular complexity index is 273. The molecule has 1 aliphatic heterocycles. The Morgan fingerprint density at radius 2 is 1.52 bits per heavy atom. The van der Waals surface area contributed by atoms with Gasteiger partial charge in [0.25, 0.3) is 0 Å². The van der Waals surface area contributed by atoms with Gasteiger partial charge in [0, 0.05) is 5.41 Å². The number of ether oxygens (including phenoxy) is 2. The standard InChI is InChI=1S/C19H36O2/c1-4-6-7-9-16-10-12-17(13-11-16)19(3)14-20-18(8-5-2)21-15-19/h16-18H,4-15H2,1-3H3. The zero-order valence-electron chi connectivity index (χ0n) is 14.5. The second kappa shape index (κ2) is 8.53. The van der Waals surface area contributed by atoms with Gasteiger partial charge in [0.1, 0.15) is 0 Å². The van der Waals surface area contributed by atoms with E-state index in [0.29, 0.717) is 0 Å². The fourth-order valence-corrected chi connectivity index (χ4v) is 4.13. The SMILES string of the molecule is CCCCCC1CCC(C2(C)COC(CCC)OC2)CC1. The van der Waals surface area contributed by atoms with Crippen LogP contribution in [0.15, 0.2) is 0 Å². The Morgan fingerprint density at radius 1 is 0.857 bits per heavy atom. The third-order valence-electron chi connectivity index (χ3n) is 5.77. The molecule has 0 atom stereocenters. The van der Waals surface area contributed by atoms with Crippen LogP contribution in [0.25, 0.3) is 0 Å². The fourth-order valence-electron chi connectivity index (χ4n) is 4.13. The Balaban J connectivity index is 1.71. The van der Waals surface area contributed by atoms with Crippen molar-refractivity contribution in [2.75, 3.05) is 13.2 Å². The molecule has 0 aromatic heterocycles. The number of rotatable bonds is 7. The highest BCUT2D eigenvalue weighted by Gasteiger charge is 2.40. The highest BCUT2D eigenvalue weighted by molar-refractivity contribution is 4.88. The molecule has 0 bridgehead atoms. The van der Waals surface area contributed by atoms with Crippen molar-refractivity contribution in [2.24, 2.45) is 17.3 Å². The van der Waals surface area contributed by atoms with Crippen LogP contribution in [-0.4, -0.2) is 19.5 Å². The summed E-state index contributed by atoms with van der Waals surface area (Å²) >= 11 is 0. The second-order valence-corrected chi connectivity index (χ2v) is 7.71. The normalized spacial score (nSPS) is 37.6. The Hall–Kier alpha value is -0.0800. The van der Waals surface area contributed by atoms with Crippen molar-refractivity contribution in [3.05, 3.63) is 0 Å². The van der Waals surface area contributed by atoms with Crippen LogP contribution in [0, 0.1) is 17.3 Å². The smallest absolute Gasteiger partial charge is 0.157 e. The fraction of sp³-hybridized carbons (Fsp3) is 1.00. The Morgan fingerprint density at radius 3 is 2.10 bits per heavy atom. The predicted octanol–water partition coefficient (Wildman–Crippen LogP) is 5.55. The van der Waals surface area contributed by atoms with Crippen LogP contribution in [0.2, 0.25) is 0 Å². The molecule has 0 amide bonds. The molecule has 1 heterocycles. The molecule has 2 nitrogen and oxygen atoms in total. The predicted molar refractivity (Wildman–Crippen MR) is 88.3 cm³/mol. The average Bonchev–Trinajstić information content (AvgIpc) is 2.51. The van der Waals surface area contributed by atoms with Crippen molar-refractivity contribution in [1.82, 2.24) is 0 Å². The molecule has 0 aromatic rings. The van der Waals surface area contributed by atoms with Crippen molar-refractivity contribution in [2.45, 2.75) is 91.3 Å². The average molecular weight is 296 g/mol. The molecule has 0 radical (unpaired) electrons. The zero-order chi connectivity index (χ0) is 15.1. The summed E-state index contributed by atoms with van der Waals surface area (Å²) in [5.41, 5.74) is 0.263. The summed E-state index contributed by atoms with van der Waals surface area (Å²) in [7, 11) is 0. The lowest BCUT2D eigenvalue weighted by atomic mass is 9.67. The Labute approximate surface area is 132 Å². The van der Waals surface area contributed by atoms with E-state index in [2.05, 4.69) is 20.8 Å². The maximum atomic E-state index is 5.97. The molecule has 0 unspecified atom stereocenters. The maximum Gasteiger partial charge on any atom is 0.157 e. The van der Waals surface area contributed by atoms with E-state index in [4.69, 9.17) is 9.47 Å². The van der Waals surface area contributed by atoms with Gasteiger partial charge in [-0.25, -0.2) is 0 Å². The van der Waals surface area contributed by atoms with Crippen LogP contribution in [0.1, 0.15) is 85.0 Å². The van der Waals surface area contributed by atoms with Crippen molar-refractivity contribution < 1.29 is 9.47 Å². The van der Waals surface area contributed by atoms with Gasteiger partial charge in [-0.05, 0) is 31.1 Å². The van der Waals surface area contributed by atoms with E-state index >= 15 is 0 Å². The van der Waals surface area contributed by atoms with E-state index in [1.54, 1.807) is 0 Å². The summed E-state index contributed by atoms with van der Waals surface area (Å²) in [5, 5.41) is 0. The van der Waals surface area contributed by atoms with Gasteiger partial charge in [-0.1, -0.05) is 65.7 Å². The number of hydrogen-bond acceptors (Lipinski definition) is 2. The summed E-state index contributed by atoms with van der Waals surface area (Å²) in [5.74, 6) is 1.80. The first-order valence-electron chi connectivity index (χ1n) is 9.41. The van der Waals surface area contributed by atoms with Gasteiger partial charge in [-0.3, -0.25) is 0 Å². The topological polar surface area (TPSA) is 18.5 Å². The largest absolute Gasteiger partial charge is 0.352 e. The second-order valence-electron chi connectivity index (χ2n) is 7.71. The van der Waals surface area contributed by atoms with Crippen LogP contribution in [0.4, 0.5) is 0 Å². The summed E-state index contributed by atoms with van der Waals surface area (Å²) in [4.78, 5) is 0. The molecule has 2 heteroatoms. The highest BCUT2D eigenvalue weighted by atomic mass is 16.7. The first kappa shape index (κ1) is 17.3. The zero-order valence-corrected chi connectivity index (χ0v) is 14.5. The molecule has 0 spiro atoms. The van der Waals surface area contributed by atoms with E-state index in [9.17, 15) is 0 Å². The number of unbranched alkanes of at least 4 members (excludes halogenated alkanes) is 2. The Kier molecular flexibility index (Phi) is 7.01. The monoisotopic (exact) mass is 296 g/mol. The van der Waals surface area contributed by atoms with Crippen LogP contribution in [0.5, 0.6) is 0 Å². The van der Waals surface area contributed by atoms with Crippen LogP contribution < -0.4 is 0 Å². The van der Waals surface area contributed by atoms with Crippen molar-refractivity contribution in [3.8, 4) is 0 Å². The van der Waals surface area contributed by atoms with Crippen LogP contribution in [0.3, 0.4) is 0 Å². The van der Waals surface area contributed by atoms with E-state index < -0.39 is 0 Å². The van der Waals surface area contributed by atoms with E-state index in [1.807, 2.05) is 0 Å². The minimum Gasteiger partial charge on any atom is -0.352 e. The van der Waals surface area contributed by atoms with Gasteiger partial charge >= 0.3 is 0 Å². The van der Waals surface area contributed by atoms with Gasteiger partial charge < -0.3 is 9.47 Å². The molecule has 21 heavy (non-hydrogen) atoms. The van der Waals surface area contributed by atoms with E-state index in [0.717, 1.165) is 37.9 Å². The molecule has 0 aromatic carbocycles. The van der Waals surface area contributed by atoms with Gasteiger partial charge in [0.2, 0.25) is 0 Å². The molecule has 0 N–H and O–H groups in total. The minimum atomic E-state index is 0.0634. The molecule has 124 valence electrons. The lowest BCUT2D eigenvalue weighted by Crippen LogP contribution is -2.45. The molecular formula is C19H36O2. The third kappa shape index (κ3) is 4.96. The van der Waals surface area contributed by atoms with Gasteiger partial charge in [0.05, 0.1) is 13.2 Å². The summed E-state index contributed by atoms with van der Waals surface area (Å²) in [6.45, 7) is 8.69. The summed E-state index contributed by atoms with van der Waals surface area (Å²) in [6.07, 6.45) is 13.6. The van der Waals surface area contributed by atoms with Crippen molar-refractivity contribution in [1.29, 1.82) is 0 Å². The molecule has 1 aliphatic carbocycles. The van der Waals surface area contributed by atoms with Gasteiger partial charge in [-0.2, -0.15) is 0 Å². The number of hydrogen-bond donors (Lipinski definition) is 0. The molecule has 2 aliphatic rings. The first-order valence-corrected chi connectivity index (χ1v) is 9.41. The molecule has 1 saturated heterocycles. The molecule has 1 saturated carbocycles. The van der Waals surface area contributed by atoms with E-state index in [1.165, 1.54) is 51.4 Å². The summed E-state index contributed by atoms with van der Waals surface area (Å²) < 4.78 is 11.9. The molecular weight excluding hydrogens is 260 g/mol. The van der Waals surface area contributed by atoms with E-state index in [-0.39, 0.29) is 11.7 Å². The van der Waals surface area contributed by atoms with Gasteiger partial charge in [0.15, 0.2) is 6.29 Å².